The summed E-state index contributed by atoms with van der Waals surface area (Å²) < 4.78 is 43.8. The van der Waals surface area contributed by atoms with Crippen LogP contribution in [0.1, 0.15) is 11.4 Å². The Morgan fingerprint density at radius 1 is 1.26 bits per heavy atom. The van der Waals surface area contributed by atoms with Gasteiger partial charge in [0.05, 0.1) is 11.1 Å². The molecule has 5 nitrogen and oxygen atoms in total. The van der Waals surface area contributed by atoms with E-state index in [-0.39, 0.29) is 6.61 Å². The molecule has 23 heavy (non-hydrogen) atoms. The average Bonchev–Trinajstić information content (AvgIpc) is 2.89. The van der Waals surface area contributed by atoms with E-state index >= 15 is 0 Å². The molecule has 2 heterocycles. The van der Waals surface area contributed by atoms with Gasteiger partial charge in [0.2, 0.25) is 0 Å². The number of pyridine rings is 1. The van der Waals surface area contributed by atoms with Crippen molar-refractivity contribution in [3.63, 3.8) is 0 Å². The van der Waals surface area contributed by atoms with E-state index in [9.17, 15) is 18.3 Å². The maximum atomic E-state index is 13.0. The normalized spacial score (nSPS) is 12.0. The van der Waals surface area contributed by atoms with Gasteiger partial charge in [0.25, 0.3) is 0 Å². The molecule has 120 valence electrons. The number of nitrogens with one attached hydrogen (secondary N) is 1. The molecule has 2 N–H and O–H groups in total. The molecule has 0 unspecified atom stereocenters. The number of phenols is 1. The molecule has 0 bridgehead atoms. The number of alkyl halides is 3. The Bertz CT molecular complexity index is 859. The molecule has 3 rings (SSSR count). The number of benzene rings is 1. The van der Waals surface area contributed by atoms with Crippen molar-refractivity contribution in [1.82, 2.24) is 15.0 Å². The van der Waals surface area contributed by atoms with Crippen molar-refractivity contribution >= 4 is 11.2 Å². The van der Waals surface area contributed by atoms with Crippen LogP contribution in [0.4, 0.5) is 13.2 Å². The van der Waals surface area contributed by atoms with Crippen LogP contribution >= 0.6 is 0 Å². The van der Waals surface area contributed by atoms with Crippen LogP contribution in [-0.4, -0.2) is 27.2 Å². The molecule has 0 aliphatic heterocycles. The highest BCUT2D eigenvalue weighted by Crippen LogP contribution is 2.38. The molecule has 8 heteroatoms. The second kappa shape index (κ2) is 5.54. The molecule has 1 aromatic carbocycles. The summed E-state index contributed by atoms with van der Waals surface area (Å²) in [5.41, 5.74) is 0.622. The van der Waals surface area contributed by atoms with E-state index < -0.39 is 17.5 Å². The number of aromatic nitrogens is 3. The number of ether oxygens (including phenoxy) is 1. The molecular weight excluding hydrogens is 311 g/mol. The number of phenolic OH excluding ortho intramolecular Hbond substituents is 1. The quantitative estimate of drug-likeness (QED) is 0.774. The Balaban J connectivity index is 2.17. The Morgan fingerprint density at radius 3 is 2.74 bits per heavy atom. The molecule has 0 aliphatic carbocycles. The molecule has 0 atom stereocenters. The second-order valence-corrected chi connectivity index (χ2v) is 4.90. The summed E-state index contributed by atoms with van der Waals surface area (Å²) in [5.74, 6) is -0.284. The van der Waals surface area contributed by atoms with E-state index in [1.807, 2.05) is 0 Å². The molecule has 0 radical (unpaired) electrons. The van der Waals surface area contributed by atoms with E-state index in [2.05, 4.69) is 15.0 Å². The van der Waals surface area contributed by atoms with Crippen molar-refractivity contribution in [2.24, 2.45) is 0 Å². The zero-order valence-electron chi connectivity index (χ0n) is 12.0. The molecule has 2 aromatic heterocycles. The lowest BCUT2D eigenvalue weighted by Crippen LogP contribution is -2.05. The lowest BCUT2D eigenvalue weighted by molar-refractivity contribution is -0.138. The van der Waals surface area contributed by atoms with Gasteiger partial charge in [0.15, 0.2) is 5.65 Å². The molecule has 3 aromatic rings. The lowest BCUT2D eigenvalue weighted by atomic mass is 10.0. The van der Waals surface area contributed by atoms with Gasteiger partial charge in [-0.15, -0.1) is 0 Å². The van der Waals surface area contributed by atoms with E-state index in [1.54, 1.807) is 6.07 Å². The monoisotopic (exact) mass is 323 g/mol. The largest absolute Gasteiger partial charge is 0.507 e. The fraction of sp³-hybridized carbons (Fsp3) is 0.200. The van der Waals surface area contributed by atoms with Gasteiger partial charge in [-0.25, -0.2) is 9.97 Å². The molecule has 0 fully saturated rings. The van der Waals surface area contributed by atoms with Gasteiger partial charge in [-0.05, 0) is 23.8 Å². The Morgan fingerprint density at radius 2 is 2.04 bits per heavy atom. The van der Waals surface area contributed by atoms with Gasteiger partial charge >= 0.3 is 6.18 Å². The first-order chi connectivity index (χ1) is 10.9. The zero-order valence-corrected chi connectivity index (χ0v) is 12.0. The zero-order chi connectivity index (χ0) is 16.6. The van der Waals surface area contributed by atoms with Crippen LogP contribution in [0.2, 0.25) is 0 Å². The minimum atomic E-state index is -4.64. The fourth-order valence-corrected chi connectivity index (χ4v) is 2.34. The first-order valence-electron chi connectivity index (χ1n) is 6.63. The lowest BCUT2D eigenvalue weighted by Gasteiger charge is -2.11. The molecule has 0 spiro atoms. The summed E-state index contributed by atoms with van der Waals surface area (Å²) in [6.45, 7) is 0.235. The number of fused-ring (bicyclic) bond motifs is 1. The third-order valence-electron chi connectivity index (χ3n) is 3.34. The summed E-state index contributed by atoms with van der Waals surface area (Å²) >= 11 is 0. The summed E-state index contributed by atoms with van der Waals surface area (Å²) in [6.07, 6.45) is -3.17. The predicted octanol–water partition coefficient (Wildman–Crippen LogP) is 3.50. The third kappa shape index (κ3) is 2.85. The first-order valence-corrected chi connectivity index (χ1v) is 6.63. The van der Waals surface area contributed by atoms with Crippen LogP contribution in [0.15, 0.2) is 30.5 Å². The maximum absolute atomic E-state index is 13.0. The molecule has 0 saturated carbocycles. The van der Waals surface area contributed by atoms with Crippen molar-refractivity contribution in [3.05, 3.63) is 41.9 Å². The van der Waals surface area contributed by atoms with Gasteiger partial charge in [0, 0.05) is 18.9 Å². The van der Waals surface area contributed by atoms with Crippen LogP contribution < -0.4 is 0 Å². The number of halogens is 3. The highest BCUT2D eigenvalue weighted by molar-refractivity contribution is 5.90. The Hall–Kier alpha value is -2.61. The second-order valence-electron chi connectivity index (χ2n) is 4.90. The number of methoxy groups -OCH3 is 1. The van der Waals surface area contributed by atoms with Gasteiger partial charge in [0.1, 0.15) is 18.2 Å². The van der Waals surface area contributed by atoms with Crippen LogP contribution in [-0.2, 0) is 17.5 Å². The maximum Gasteiger partial charge on any atom is 0.419 e. The number of aromatic hydroxyl groups is 1. The Labute approximate surface area is 128 Å². The SMILES string of the molecule is COCc1nc2nccc(-c3ccc(O)c(C(F)(F)F)c3)c2[nH]1. The highest BCUT2D eigenvalue weighted by Gasteiger charge is 2.34. The van der Waals surface area contributed by atoms with Crippen molar-refractivity contribution in [2.75, 3.05) is 7.11 Å². The first kappa shape index (κ1) is 15.3. The van der Waals surface area contributed by atoms with Gasteiger partial charge in [-0.2, -0.15) is 13.2 Å². The summed E-state index contributed by atoms with van der Waals surface area (Å²) in [5, 5.41) is 9.44. The van der Waals surface area contributed by atoms with Crippen molar-refractivity contribution in [2.45, 2.75) is 12.8 Å². The van der Waals surface area contributed by atoms with Gasteiger partial charge < -0.3 is 14.8 Å². The average molecular weight is 323 g/mol. The summed E-state index contributed by atoms with van der Waals surface area (Å²) in [7, 11) is 1.51. The number of nitrogens with zero attached hydrogens (tertiary/aromatic N) is 2. The topological polar surface area (TPSA) is 71.0 Å². The predicted molar refractivity (Wildman–Crippen MR) is 76.7 cm³/mol. The van der Waals surface area contributed by atoms with E-state index in [4.69, 9.17) is 4.74 Å². The Kier molecular flexibility index (Phi) is 3.69. The summed E-state index contributed by atoms with van der Waals surface area (Å²) in [4.78, 5) is 11.3. The number of imidazole rings is 1. The van der Waals surface area contributed by atoms with Crippen LogP contribution in [0, 0.1) is 0 Å². The molecule has 0 amide bonds. The smallest absolute Gasteiger partial charge is 0.419 e. The molecular formula is C15H12F3N3O2. The van der Waals surface area contributed by atoms with Crippen LogP contribution in [0.3, 0.4) is 0 Å². The van der Waals surface area contributed by atoms with Crippen molar-refractivity contribution < 1.29 is 23.0 Å². The minimum absolute atomic E-state index is 0.235. The molecule has 0 aliphatic rings. The minimum Gasteiger partial charge on any atom is -0.507 e. The number of hydrogen-bond acceptors (Lipinski definition) is 4. The van der Waals surface area contributed by atoms with Gasteiger partial charge in [-0.3, -0.25) is 0 Å². The number of hydrogen-bond donors (Lipinski definition) is 2. The number of aromatic amines is 1. The van der Waals surface area contributed by atoms with E-state index in [0.29, 0.717) is 28.1 Å². The fourth-order valence-electron chi connectivity index (χ4n) is 2.34. The molecule has 0 saturated heterocycles. The van der Waals surface area contributed by atoms with Crippen molar-refractivity contribution in [1.29, 1.82) is 0 Å². The van der Waals surface area contributed by atoms with E-state index in [1.165, 1.54) is 19.4 Å². The highest BCUT2D eigenvalue weighted by atomic mass is 19.4. The standard InChI is InChI=1S/C15H12F3N3O2/c1-23-7-12-20-13-9(4-5-19-14(13)21-12)8-2-3-11(22)10(6-8)15(16,17)18/h2-6,22H,7H2,1H3,(H,19,20,21). The summed E-state index contributed by atoms with van der Waals surface area (Å²) in [6, 6.07) is 4.93. The van der Waals surface area contributed by atoms with E-state index in [0.717, 1.165) is 12.1 Å². The van der Waals surface area contributed by atoms with Gasteiger partial charge in [-0.1, -0.05) is 6.07 Å². The van der Waals surface area contributed by atoms with Crippen LogP contribution in [0.5, 0.6) is 5.75 Å². The van der Waals surface area contributed by atoms with Crippen molar-refractivity contribution in [3.8, 4) is 16.9 Å². The third-order valence-corrected chi connectivity index (χ3v) is 3.34. The number of H-pyrrole nitrogens is 1. The van der Waals surface area contributed by atoms with Crippen LogP contribution in [0.25, 0.3) is 22.3 Å². The number of rotatable bonds is 3.